The van der Waals surface area contributed by atoms with Crippen LogP contribution in [-0.2, 0) is 9.53 Å². The fourth-order valence-electron chi connectivity index (χ4n) is 1.94. The maximum Gasteiger partial charge on any atom is 0.306 e. The molecule has 0 aliphatic heterocycles. The van der Waals surface area contributed by atoms with Gasteiger partial charge < -0.3 is 9.84 Å². The number of hydrogen-bond donors (Lipinski definition) is 1. The van der Waals surface area contributed by atoms with Crippen molar-refractivity contribution in [2.24, 2.45) is 11.8 Å². The Morgan fingerprint density at radius 2 is 2.17 bits per heavy atom. The van der Waals surface area contributed by atoms with E-state index in [4.69, 9.17) is 9.84 Å². The van der Waals surface area contributed by atoms with E-state index >= 15 is 0 Å². The molecule has 1 aliphatic carbocycles. The highest BCUT2D eigenvalue weighted by atomic mass is 16.5. The molecule has 0 aromatic carbocycles. The smallest absolute Gasteiger partial charge is 0.306 e. The first-order valence-electron chi connectivity index (χ1n) is 4.40. The zero-order valence-corrected chi connectivity index (χ0v) is 7.62. The van der Waals surface area contributed by atoms with E-state index in [1.54, 1.807) is 7.11 Å². The van der Waals surface area contributed by atoms with Crippen LogP contribution in [0.3, 0.4) is 0 Å². The summed E-state index contributed by atoms with van der Waals surface area (Å²) in [4.78, 5) is 10.7. The van der Waals surface area contributed by atoms with Crippen LogP contribution in [0.15, 0.2) is 0 Å². The molecule has 0 spiro atoms. The van der Waals surface area contributed by atoms with E-state index in [1.807, 2.05) is 0 Å². The number of rotatable bonds is 2. The van der Waals surface area contributed by atoms with Crippen molar-refractivity contribution in [3.05, 3.63) is 0 Å². The second-order valence-corrected chi connectivity index (χ2v) is 3.60. The Hall–Kier alpha value is -0.570. The van der Waals surface area contributed by atoms with Crippen LogP contribution >= 0.6 is 0 Å². The predicted molar refractivity (Wildman–Crippen MR) is 44.9 cm³/mol. The molecule has 70 valence electrons. The summed E-state index contributed by atoms with van der Waals surface area (Å²) in [6.07, 6.45) is 2.67. The standard InChI is InChI=1S/C9H16O3/c1-6-5-7(9(10)11)3-4-8(6)12-2/h6-8H,3-5H2,1-2H3,(H,10,11)/t6-,7-,8+/m1/s1. The number of carboxylic acids is 1. The molecule has 1 saturated carbocycles. The molecule has 0 unspecified atom stereocenters. The highest BCUT2D eigenvalue weighted by molar-refractivity contribution is 5.70. The zero-order chi connectivity index (χ0) is 9.14. The summed E-state index contributed by atoms with van der Waals surface area (Å²) in [6, 6.07) is 0. The van der Waals surface area contributed by atoms with E-state index in [2.05, 4.69) is 6.92 Å². The van der Waals surface area contributed by atoms with Gasteiger partial charge in [-0.3, -0.25) is 4.79 Å². The van der Waals surface area contributed by atoms with Crippen molar-refractivity contribution in [1.29, 1.82) is 0 Å². The maximum absolute atomic E-state index is 10.7. The SMILES string of the molecule is CO[C@H]1CC[C@@H](C(=O)O)C[C@H]1C. The molecule has 1 N–H and O–H groups in total. The molecule has 0 radical (unpaired) electrons. The molecule has 1 aliphatic rings. The summed E-state index contributed by atoms with van der Waals surface area (Å²) in [5, 5.41) is 8.77. The molecule has 3 atom stereocenters. The zero-order valence-electron chi connectivity index (χ0n) is 7.62. The lowest BCUT2D eigenvalue weighted by atomic mass is 9.80. The van der Waals surface area contributed by atoms with Crippen molar-refractivity contribution in [2.45, 2.75) is 32.3 Å². The molecule has 1 rings (SSSR count). The summed E-state index contributed by atoms with van der Waals surface area (Å²) in [5.74, 6) is -0.423. The first-order chi connectivity index (χ1) is 5.65. The lowest BCUT2D eigenvalue weighted by Crippen LogP contribution is -2.32. The lowest BCUT2D eigenvalue weighted by molar-refractivity contribution is -0.144. The maximum atomic E-state index is 10.7. The first-order valence-corrected chi connectivity index (χ1v) is 4.40. The molecule has 12 heavy (non-hydrogen) atoms. The first kappa shape index (κ1) is 9.52. The average Bonchev–Trinajstić information content (AvgIpc) is 2.04. The van der Waals surface area contributed by atoms with Crippen molar-refractivity contribution in [3.8, 4) is 0 Å². The van der Waals surface area contributed by atoms with Gasteiger partial charge in [-0.2, -0.15) is 0 Å². The van der Waals surface area contributed by atoms with Crippen LogP contribution in [0.5, 0.6) is 0 Å². The number of carbonyl (C=O) groups is 1. The number of ether oxygens (including phenoxy) is 1. The van der Waals surface area contributed by atoms with Crippen LogP contribution in [-0.4, -0.2) is 24.3 Å². The van der Waals surface area contributed by atoms with E-state index in [1.165, 1.54) is 0 Å². The van der Waals surface area contributed by atoms with Crippen LogP contribution < -0.4 is 0 Å². The van der Waals surface area contributed by atoms with E-state index in [-0.39, 0.29) is 12.0 Å². The number of aliphatic carboxylic acids is 1. The summed E-state index contributed by atoms with van der Waals surface area (Å²) < 4.78 is 5.24. The van der Waals surface area contributed by atoms with Crippen molar-refractivity contribution in [3.63, 3.8) is 0 Å². The lowest BCUT2D eigenvalue weighted by Gasteiger charge is -2.31. The van der Waals surface area contributed by atoms with Gasteiger partial charge in [0, 0.05) is 7.11 Å². The van der Waals surface area contributed by atoms with Crippen molar-refractivity contribution in [1.82, 2.24) is 0 Å². The summed E-state index contributed by atoms with van der Waals surface area (Å²) >= 11 is 0. The molecule has 0 heterocycles. The van der Waals surface area contributed by atoms with Gasteiger partial charge in [-0.15, -0.1) is 0 Å². The van der Waals surface area contributed by atoms with Gasteiger partial charge >= 0.3 is 5.97 Å². The van der Waals surface area contributed by atoms with Crippen molar-refractivity contribution >= 4 is 5.97 Å². The van der Waals surface area contributed by atoms with E-state index in [9.17, 15) is 4.79 Å². The Kier molecular flexibility index (Phi) is 3.09. The average molecular weight is 172 g/mol. The number of methoxy groups -OCH3 is 1. The molecular weight excluding hydrogens is 156 g/mol. The Labute approximate surface area is 72.7 Å². The van der Waals surface area contributed by atoms with Crippen molar-refractivity contribution in [2.75, 3.05) is 7.11 Å². The fourth-order valence-corrected chi connectivity index (χ4v) is 1.94. The Bertz CT molecular complexity index is 167. The molecule has 1 fully saturated rings. The van der Waals surface area contributed by atoms with Gasteiger partial charge in [0.05, 0.1) is 12.0 Å². The van der Waals surface area contributed by atoms with Crippen molar-refractivity contribution < 1.29 is 14.6 Å². The molecule has 0 bridgehead atoms. The largest absolute Gasteiger partial charge is 0.481 e. The van der Waals surface area contributed by atoms with Gasteiger partial charge in [0.25, 0.3) is 0 Å². The molecular formula is C9H16O3. The quantitative estimate of drug-likeness (QED) is 0.687. The molecule has 0 amide bonds. The van der Waals surface area contributed by atoms with Crippen LogP contribution in [0.4, 0.5) is 0 Å². The number of hydrogen-bond acceptors (Lipinski definition) is 2. The van der Waals surface area contributed by atoms with Crippen LogP contribution in [0.25, 0.3) is 0 Å². The van der Waals surface area contributed by atoms with Crippen LogP contribution in [0, 0.1) is 11.8 Å². The minimum Gasteiger partial charge on any atom is -0.481 e. The van der Waals surface area contributed by atoms with Gasteiger partial charge in [0.15, 0.2) is 0 Å². The number of carboxylic acid groups (broad SMARTS) is 1. The Morgan fingerprint density at radius 1 is 1.50 bits per heavy atom. The third kappa shape index (κ3) is 1.97. The fraction of sp³-hybridized carbons (Fsp3) is 0.889. The van der Waals surface area contributed by atoms with Gasteiger partial charge in [0.1, 0.15) is 0 Å². The Morgan fingerprint density at radius 3 is 2.58 bits per heavy atom. The molecule has 3 heteroatoms. The monoisotopic (exact) mass is 172 g/mol. The van der Waals surface area contributed by atoms with Crippen LogP contribution in [0.2, 0.25) is 0 Å². The summed E-state index contributed by atoms with van der Waals surface area (Å²) in [7, 11) is 1.70. The topological polar surface area (TPSA) is 46.5 Å². The van der Waals surface area contributed by atoms with Gasteiger partial charge in [-0.25, -0.2) is 0 Å². The minimum atomic E-state index is -0.656. The normalized spacial score (nSPS) is 36.3. The summed E-state index contributed by atoms with van der Waals surface area (Å²) in [6.45, 7) is 2.06. The molecule has 0 aromatic heterocycles. The van der Waals surface area contributed by atoms with Gasteiger partial charge in [0.2, 0.25) is 0 Å². The minimum absolute atomic E-state index is 0.147. The van der Waals surface area contributed by atoms with E-state index in [0.717, 1.165) is 19.3 Å². The van der Waals surface area contributed by atoms with Gasteiger partial charge in [-0.1, -0.05) is 6.92 Å². The van der Waals surface area contributed by atoms with Crippen LogP contribution in [0.1, 0.15) is 26.2 Å². The van der Waals surface area contributed by atoms with E-state index < -0.39 is 5.97 Å². The molecule has 3 nitrogen and oxygen atoms in total. The van der Waals surface area contributed by atoms with E-state index in [0.29, 0.717) is 5.92 Å². The highest BCUT2D eigenvalue weighted by Gasteiger charge is 2.30. The third-order valence-electron chi connectivity index (χ3n) is 2.74. The summed E-state index contributed by atoms with van der Waals surface area (Å²) in [5.41, 5.74) is 0. The second kappa shape index (κ2) is 3.90. The molecule has 0 saturated heterocycles. The predicted octanol–water partition coefficient (Wildman–Crippen LogP) is 1.52. The second-order valence-electron chi connectivity index (χ2n) is 3.60. The van der Waals surface area contributed by atoms with Gasteiger partial charge in [-0.05, 0) is 25.2 Å². The molecule has 0 aromatic rings. The third-order valence-corrected chi connectivity index (χ3v) is 2.74. The highest BCUT2D eigenvalue weighted by Crippen LogP contribution is 2.30. The Balaban J connectivity index is 2.46.